The normalized spacial score (nSPS) is 14.2. The van der Waals surface area contributed by atoms with Gasteiger partial charge in [-0.05, 0) is 38.6 Å². The Hall–Kier alpha value is -2.13. The zero-order valence-corrected chi connectivity index (χ0v) is 12.7. The number of likely N-dealkylation sites (N-methyl/N-ethyl adjacent to an activating group) is 1. The van der Waals surface area contributed by atoms with E-state index in [9.17, 15) is 0 Å². The highest BCUT2D eigenvalue weighted by molar-refractivity contribution is 5.75. The van der Waals surface area contributed by atoms with Crippen molar-refractivity contribution < 1.29 is 0 Å². The molecule has 2 unspecified atom stereocenters. The van der Waals surface area contributed by atoms with Gasteiger partial charge in [0.25, 0.3) is 0 Å². The van der Waals surface area contributed by atoms with Crippen molar-refractivity contribution in [2.75, 3.05) is 7.05 Å². The van der Waals surface area contributed by atoms with Crippen LogP contribution in [0.25, 0.3) is 11.0 Å². The molecule has 2 atom stereocenters. The zero-order chi connectivity index (χ0) is 14.8. The zero-order valence-electron chi connectivity index (χ0n) is 12.7. The third-order valence-corrected chi connectivity index (χ3v) is 4.15. The van der Waals surface area contributed by atoms with Crippen molar-refractivity contribution in [2.45, 2.75) is 25.9 Å². The molecule has 3 rings (SSSR count). The van der Waals surface area contributed by atoms with E-state index < -0.39 is 0 Å². The molecule has 0 radical (unpaired) electrons. The van der Waals surface area contributed by atoms with Crippen LogP contribution in [0.5, 0.6) is 0 Å². The molecule has 3 aromatic rings. The average Bonchev–Trinajstić information content (AvgIpc) is 2.94. The van der Waals surface area contributed by atoms with Gasteiger partial charge in [0.05, 0.1) is 29.4 Å². The molecule has 21 heavy (non-hydrogen) atoms. The lowest BCUT2D eigenvalue weighted by Gasteiger charge is -2.26. The van der Waals surface area contributed by atoms with Crippen LogP contribution in [0.2, 0.25) is 0 Å². The van der Waals surface area contributed by atoms with Gasteiger partial charge in [0.1, 0.15) is 0 Å². The van der Waals surface area contributed by atoms with Gasteiger partial charge in [0.2, 0.25) is 0 Å². The summed E-state index contributed by atoms with van der Waals surface area (Å²) in [5.74, 6) is 0. The Morgan fingerprint density at radius 1 is 1.05 bits per heavy atom. The molecule has 108 valence electrons. The number of imidazole rings is 1. The van der Waals surface area contributed by atoms with Crippen molar-refractivity contribution in [1.82, 2.24) is 14.9 Å². The molecule has 0 fully saturated rings. The Labute approximate surface area is 125 Å². The third-order valence-electron chi connectivity index (χ3n) is 4.15. The second-order valence-electron chi connectivity index (χ2n) is 5.56. The van der Waals surface area contributed by atoms with E-state index in [2.05, 4.69) is 71.2 Å². The van der Waals surface area contributed by atoms with Crippen LogP contribution in [0.15, 0.2) is 54.9 Å². The first-order chi connectivity index (χ1) is 10.2. The predicted molar refractivity (Wildman–Crippen MR) is 87.4 cm³/mol. The Kier molecular flexibility index (Phi) is 3.76. The van der Waals surface area contributed by atoms with Gasteiger partial charge in [-0.15, -0.1) is 0 Å². The first-order valence-electron chi connectivity index (χ1n) is 7.36. The maximum absolute atomic E-state index is 4.50. The SMILES string of the molecule is CNC(c1ccc(C)cc1)C(C)n1cnc2ccccc21. The Morgan fingerprint density at radius 2 is 1.76 bits per heavy atom. The molecule has 0 spiro atoms. The third kappa shape index (κ3) is 2.57. The molecule has 3 heteroatoms. The van der Waals surface area contributed by atoms with Crippen LogP contribution in [-0.2, 0) is 0 Å². The van der Waals surface area contributed by atoms with Gasteiger partial charge in [-0.3, -0.25) is 0 Å². The molecule has 1 aromatic heterocycles. The molecule has 0 aliphatic heterocycles. The molecule has 1 heterocycles. The van der Waals surface area contributed by atoms with E-state index >= 15 is 0 Å². The number of benzene rings is 2. The number of nitrogens with one attached hydrogen (secondary N) is 1. The quantitative estimate of drug-likeness (QED) is 0.785. The van der Waals surface area contributed by atoms with E-state index in [1.165, 1.54) is 16.6 Å². The van der Waals surface area contributed by atoms with Crippen LogP contribution in [0.1, 0.15) is 30.1 Å². The fourth-order valence-corrected chi connectivity index (χ4v) is 2.92. The number of fused-ring (bicyclic) bond motifs is 1. The molecule has 3 nitrogen and oxygen atoms in total. The second-order valence-corrected chi connectivity index (χ2v) is 5.56. The number of para-hydroxylation sites is 2. The van der Waals surface area contributed by atoms with Crippen molar-refractivity contribution in [3.63, 3.8) is 0 Å². The maximum atomic E-state index is 4.50. The van der Waals surface area contributed by atoms with E-state index in [-0.39, 0.29) is 12.1 Å². The summed E-state index contributed by atoms with van der Waals surface area (Å²) in [4.78, 5) is 4.50. The minimum atomic E-state index is 0.253. The predicted octanol–water partition coefficient (Wildman–Crippen LogP) is 3.87. The fourth-order valence-electron chi connectivity index (χ4n) is 2.92. The number of aryl methyl sites for hydroxylation is 1. The number of hydrogen-bond acceptors (Lipinski definition) is 2. The van der Waals surface area contributed by atoms with Crippen LogP contribution >= 0.6 is 0 Å². The highest BCUT2D eigenvalue weighted by Crippen LogP contribution is 2.28. The molecule has 0 aliphatic carbocycles. The lowest BCUT2D eigenvalue weighted by Crippen LogP contribution is -2.25. The van der Waals surface area contributed by atoms with E-state index in [0.29, 0.717) is 0 Å². The van der Waals surface area contributed by atoms with E-state index in [4.69, 9.17) is 0 Å². The summed E-state index contributed by atoms with van der Waals surface area (Å²) in [5.41, 5.74) is 4.81. The summed E-state index contributed by atoms with van der Waals surface area (Å²) < 4.78 is 2.25. The summed E-state index contributed by atoms with van der Waals surface area (Å²) in [6, 6.07) is 17.5. The number of hydrogen-bond donors (Lipinski definition) is 1. The van der Waals surface area contributed by atoms with E-state index in [1.54, 1.807) is 0 Å². The van der Waals surface area contributed by atoms with Crippen LogP contribution in [0.3, 0.4) is 0 Å². The second kappa shape index (κ2) is 5.70. The molecular weight excluding hydrogens is 258 g/mol. The first kappa shape index (κ1) is 13.8. The van der Waals surface area contributed by atoms with Crippen molar-refractivity contribution in [3.05, 3.63) is 66.0 Å². The van der Waals surface area contributed by atoms with Crippen LogP contribution in [0, 0.1) is 6.92 Å². The molecule has 2 aromatic carbocycles. The minimum Gasteiger partial charge on any atom is -0.326 e. The average molecular weight is 279 g/mol. The molecule has 1 N–H and O–H groups in total. The first-order valence-corrected chi connectivity index (χ1v) is 7.36. The van der Waals surface area contributed by atoms with E-state index in [0.717, 1.165) is 5.52 Å². The van der Waals surface area contributed by atoms with Crippen LogP contribution in [-0.4, -0.2) is 16.6 Å². The largest absolute Gasteiger partial charge is 0.326 e. The highest BCUT2D eigenvalue weighted by atomic mass is 15.1. The van der Waals surface area contributed by atoms with Gasteiger partial charge >= 0.3 is 0 Å². The summed E-state index contributed by atoms with van der Waals surface area (Å²) in [5, 5.41) is 3.44. The number of nitrogens with zero attached hydrogens (tertiary/aromatic N) is 2. The molecule has 0 aliphatic rings. The maximum Gasteiger partial charge on any atom is 0.0961 e. The standard InChI is InChI=1S/C18H21N3/c1-13-8-10-15(11-9-13)18(19-3)14(2)21-12-20-16-6-4-5-7-17(16)21/h4-12,14,18-19H,1-3H3. The summed E-state index contributed by atoms with van der Waals surface area (Å²) in [6.07, 6.45) is 1.94. The van der Waals surface area contributed by atoms with Crippen molar-refractivity contribution in [1.29, 1.82) is 0 Å². The summed E-state index contributed by atoms with van der Waals surface area (Å²) >= 11 is 0. The van der Waals surface area contributed by atoms with Crippen LogP contribution < -0.4 is 5.32 Å². The van der Waals surface area contributed by atoms with Crippen LogP contribution in [0.4, 0.5) is 0 Å². The molecule has 0 amide bonds. The fraction of sp³-hybridized carbons (Fsp3) is 0.278. The van der Waals surface area contributed by atoms with E-state index in [1.807, 2.05) is 19.4 Å². The summed E-state index contributed by atoms with van der Waals surface area (Å²) in [6.45, 7) is 4.35. The molecular formula is C18H21N3. The van der Waals surface area contributed by atoms with Crippen molar-refractivity contribution >= 4 is 11.0 Å². The van der Waals surface area contributed by atoms with Gasteiger partial charge in [0, 0.05) is 0 Å². The van der Waals surface area contributed by atoms with Gasteiger partial charge in [-0.1, -0.05) is 42.0 Å². The summed E-state index contributed by atoms with van der Waals surface area (Å²) in [7, 11) is 2.01. The Balaban J connectivity index is 1.98. The topological polar surface area (TPSA) is 29.9 Å². The van der Waals surface area contributed by atoms with Gasteiger partial charge < -0.3 is 9.88 Å². The van der Waals surface area contributed by atoms with Crippen molar-refractivity contribution in [2.24, 2.45) is 0 Å². The highest BCUT2D eigenvalue weighted by Gasteiger charge is 2.20. The minimum absolute atomic E-state index is 0.253. The number of rotatable bonds is 4. The van der Waals surface area contributed by atoms with Gasteiger partial charge in [-0.25, -0.2) is 4.98 Å². The lowest BCUT2D eigenvalue weighted by atomic mass is 9.99. The van der Waals surface area contributed by atoms with Crippen molar-refractivity contribution in [3.8, 4) is 0 Å². The number of aromatic nitrogens is 2. The van der Waals surface area contributed by atoms with Gasteiger partial charge in [-0.2, -0.15) is 0 Å². The smallest absolute Gasteiger partial charge is 0.0961 e. The molecule has 0 bridgehead atoms. The Morgan fingerprint density at radius 3 is 2.48 bits per heavy atom. The molecule has 0 saturated heterocycles. The van der Waals surface area contributed by atoms with Gasteiger partial charge in [0.15, 0.2) is 0 Å². The Bertz CT molecular complexity index is 728. The molecule has 0 saturated carbocycles. The monoisotopic (exact) mass is 279 g/mol. The lowest BCUT2D eigenvalue weighted by molar-refractivity contribution is 0.409.